The summed E-state index contributed by atoms with van der Waals surface area (Å²) in [6, 6.07) is 9.59. The van der Waals surface area contributed by atoms with Gasteiger partial charge in [0.2, 0.25) is 0 Å². The molecule has 0 aliphatic carbocycles. The highest BCUT2D eigenvalue weighted by molar-refractivity contribution is 6.50. The number of anilines is 2. The van der Waals surface area contributed by atoms with E-state index in [1.807, 2.05) is 27.7 Å². The van der Waals surface area contributed by atoms with E-state index in [0.717, 1.165) is 24.3 Å². The van der Waals surface area contributed by atoms with Gasteiger partial charge < -0.3 is 9.80 Å². The van der Waals surface area contributed by atoms with Gasteiger partial charge in [0.1, 0.15) is 0 Å². The summed E-state index contributed by atoms with van der Waals surface area (Å²) >= 11 is 0. The second kappa shape index (κ2) is 9.44. The highest BCUT2D eigenvalue weighted by Crippen LogP contribution is 2.36. The summed E-state index contributed by atoms with van der Waals surface area (Å²) < 4.78 is 80.7. The Morgan fingerprint density at radius 3 is 1.33 bits per heavy atom. The minimum atomic E-state index is -4.51. The lowest BCUT2D eigenvalue weighted by molar-refractivity contribution is -0.138. The molecule has 0 aromatic heterocycles. The Labute approximate surface area is 206 Å². The minimum Gasteiger partial charge on any atom is -0.321 e. The van der Waals surface area contributed by atoms with Gasteiger partial charge in [-0.1, -0.05) is 39.8 Å². The van der Waals surface area contributed by atoms with Gasteiger partial charge in [-0.05, 0) is 48.2 Å². The van der Waals surface area contributed by atoms with Gasteiger partial charge in [-0.2, -0.15) is 26.3 Å². The number of hydrogen-bond acceptors (Lipinski definition) is 4. The molecular weight excluding hydrogens is 482 g/mol. The molecule has 2 atom stereocenters. The summed E-state index contributed by atoms with van der Waals surface area (Å²) in [5.74, 6) is 0.934. The van der Waals surface area contributed by atoms with E-state index in [-0.39, 0.29) is 23.9 Å². The van der Waals surface area contributed by atoms with Crippen molar-refractivity contribution >= 4 is 23.0 Å². The van der Waals surface area contributed by atoms with Crippen LogP contribution in [0.4, 0.5) is 37.7 Å². The van der Waals surface area contributed by atoms with Crippen molar-refractivity contribution in [1.29, 1.82) is 0 Å². The van der Waals surface area contributed by atoms with Crippen molar-refractivity contribution in [3.8, 4) is 0 Å². The van der Waals surface area contributed by atoms with Gasteiger partial charge in [0.15, 0.2) is 11.7 Å². The van der Waals surface area contributed by atoms with E-state index in [2.05, 4.69) is 0 Å². The van der Waals surface area contributed by atoms with Crippen molar-refractivity contribution in [3.63, 3.8) is 0 Å². The van der Waals surface area contributed by atoms with E-state index < -0.39 is 23.5 Å². The molecule has 36 heavy (non-hydrogen) atoms. The largest absolute Gasteiger partial charge is 0.416 e. The van der Waals surface area contributed by atoms with Gasteiger partial charge in [0.05, 0.1) is 23.2 Å². The zero-order valence-electron chi connectivity index (χ0n) is 20.4. The van der Waals surface area contributed by atoms with Crippen LogP contribution in [0.25, 0.3) is 0 Å². The second-order valence-electron chi connectivity index (χ2n) is 9.85. The highest BCUT2D eigenvalue weighted by Gasteiger charge is 2.40. The first-order valence-electron chi connectivity index (χ1n) is 11.8. The number of amidine groups is 2. The zero-order chi connectivity index (χ0) is 26.4. The summed E-state index contributed by atoms with van der Waals surface area (Å²) in [5.41, 5.74) is -0.941. The van der Waals surface area contributed by atoms with E-state index in [0.29, 0.717) is 36.1 Å². The molecule has 2 aliphatic rings. The van der Waals surface area contributed by atoms with Crippen LogP contribution in [0.15, 0.2) is 58.5 Å². The lowest BCUT2D eigenvalue weighted by atomic mass is 10.1. The summed E-state index contributed by atoms with van der Waals surface area (Å²) in [7, 11) is 0. The Bertz CT molecular complexity index is 1070. The average molecular weight is 511 g/mol. The van der Waals surface area contributed by atoms with Crippen LogP contribution in [0.1, 0.15) is 38.8 Å². The predicted octanol–water partition coefficient (Wildman–Crippen LogP) is 6.91. The van der Waals surface area contributed by atoms with Gasteiger partial charge in [-0.25, -0.2) is 0 Å². The number of hydrogen-bond donors (Lipinski definition) is 0. The Morgan fingerprint density at radius 2 is 1.03 bits per heavy atom. The van der Waals surface area contributed by atoms with Crippen molar-refractivity contribution in [2.75, 3.05) is 22.9 Å². The molecule has 0 bridgehead atoms. The summed E-state index contributed by atoms with van der Waals surface area (Å²) in [5, 5.41) is 0. The lowest BCUT2D eigenvalue weighted by Crippen LogP contribution is -2.42. The molecule has 0 radical (unpaired) electrons. The van der Waals surface area contributed by atoms with Crippen molar-refractivity contribution in [3.05, 3.63) is 59.7 Å². The van der Waals surface area contributed by atoms with Gasteiger partial charge in [-0.15, -0.1) is 0 Å². The van der Waals surface area contributed by atoms with Crippen LogP contribution >= 0.6 is 0 Å². The fourth-order valence-electron chi connectivity index (χ4n) is 4.31. The molecule has 0 spiro atoms. The molecule has 10 heteroatoms. The highest BCUT2D eigenvalue weighted by atomic mass is 19.4. The van der Waals surface area contributed by atoms with Gasteiger partial charge in [-0.3, -0.25) is 9.98 Å². The topological polar surface area (TPSA) is 31.2 Å². The molecular formula is C26H28F6N4. The third-order valence-electron chi connectivity index (χ3n) is 6.54. The fourth-order valence-corrected chi connectivity index (χ4v) is 4.31. The molecule has 0 amide bonds. The Balaban J connectivity index is 1.80. The average Bonchev–Trinajstić information content (AvgIpc) is 3.43. The third-order valence-corrected chi connectivity index (χ3v) is 6.54. The standard InChI is InChI=1S/C26H28F6N4/c1-15(2)21-13-35(19-9-5-7-17(11-19)25(27,28)29)23(33-21)24-34-22(16(3)4)14-36(24)20-10-6-8-18(12-20)26(30,31)32/h5-12,15-16,21-22H,13-14H2,1-4H3. The molecule has 2 unspecified atom stereocenters. The number of rotatable bonds is 5. The van der Waals surface area contributed by atoms with Gasteiger partial charge in [0, 0.05) is 24.5 Å². The van der Waals surface area contributed by atoms with Crippen LogP contribution < -0.4 is 9.80 Å². The zero-order valence-corrected chi connectivity index (χ0v) is 20.4. The number of aliphatic imine (C=N–C) groups is 2. The summed E-state index contributed by atoms with van der Waals surface area (Å²) in [6.45, 7) is 8.57. The predicted molar refractivity (Wildman–Crippen MR) is 130 cm³/mol. The van der Waals surface area contributed by atoms with Crippen LogP contribution in [-0.2, 0) is 12.4 Å². The second-order valence-corrected chi connectivity index (χ2v) is 9.85. The maximum absolute atomic E-state index is 13.4. The first kappa shape index (κ1) is 26.0. The number of nitrogens with zero attached hydrogens (tertiary/aromatic N) is 4. The normalized spacial score (nSPS) is 21.0. The molecule has 0 saturated heterocycles. The molecule has 2 aliphatic heterocycles. The molecule has 194 valence electrons. The van der Waals surface area contributed by atoms with Crippen molar-refractivity contribution < 1.29 is 26.3 Å². The molecule has 2 aromatic carbocycles. The van der Waals surface area contributed by atoms with Gasteiger partial charge >= 0.3 is 12.4 Å². The van der Waals surface area contributed by atoms with Crippen LogP contribution in [0.5, 0.6) is 0 Å². The summed E-state index contributed by atoms with van der Waals surface area (Å²) in [6.07, 6.45) is -9.02. The quantitative estimate of drug-likeness (QED) is 0.410. The maximum Gasteiger partial charge on any atom is 0.416 e. The molecule has 2 aromatic rings. The monoisotopic (exact) mass is 510 g/mol. The first-order valence-corrected chi connectivity index (χ1v) is 11.8. The van der Waals surface area contributed by atoms with E-state index in [9.17, 15) is 26.3 Å². The maximum atomic E-state index is 13.4. The molecule has 0 fully saturated rings. The van der Waals surface area contributed by atoms with Gasteiger partial charge in [0.25, 0.3) is 0 Å². The van der Waals surface area contributed by atoms with Crippen molar-refractivity contribution in [2.45, 2.75) is 52.1 Å². The number of benzene rings is 2. The molecule has 0 saturated carbocycles. The van der Waals surface area contributed by atoms with Crippen molar-refractivity contribution in [1.82, 2.24) is 0 Å². The molecule has 4 rings (SSSR count). The fraction of sp³-hybridized carbons (Fsp3) is 0.462. The molecule has 2 heterocycles. The van der Waals surface area contributed by atoms with Crippen LogP contribution in [-0.4, -0.2) is 36.8 Å². The number of halogens is 6. The smallest absolute Gasteiger partial charge is 0.321 e. The Morgan fingerprint density at radius 1 is 0.667 bits per heavy atom. The number of alkyl halides is 6. The third kappa shape index (κ3) is 5.22. The summed E-state index contributed by atoms with van der Waals surface area (Å²) in [4.78, 5) is 13.0. The van der Waals surface area contributed by atoms with Crippen LogP contribution in [0.2, 0.25) is 0 Å². The van der Waals surface area contributed by atoms with Crippen LogP contribution in [0.3, 0.4) is 0 Å². The van der Waals surface area contributed by atoms with Crippen LogP contribution in [0, 0.1) is 11.8 Å². The van der Waals surface area contributed by atoms with E-state index >= 15 is 0 Å². The Hall–Kier alpha value is -3.04. The first-order chi connectivity index (χ1) is 16.8. The molecule has 0 N–H and O–H groups in total. The molecule has 4 nitrogen and oxygen atoms in total. The lowest BCUT2D eigenvalue weighted by Gasteiger charge is -2.27. The van der Waals surface area contributed by atoms with E-state index in [1.54, 1.807) is 21.9 Å². The van der Waals surface area contributed by atoms with E-state index in [1.165, 1.54) is 12.1 Å². The van der Waals surface area contributed by atoms with Crippen molar-refractivity contribution in [2.24, 2.45) is 21.8 Å². The van der Waals surface area contributed by atoms with E-state index in [4.69, 9.17) is 9.98 Å². The SMILES string of the molecule is CC(C)C1CN(c2cccc(C(F)(F)F)c2)C(C2=NC(C(C)C)CN2c2cccc(C(F)(F)F)c2)=N1. The Kier molecular flexibility index (Phi) is 6.83. The minimum absolute atomic E-state index is 0.0979.